The molecule has 2 rings (SSSR count). The Morgan fingerprint density at radius 2 is 1.86 bits per heavy atom. The van der Waals surface area contributed by atoms with Gasteiger partial charge in [0.15, 0.2) is 0 Å². The van der Waals surface area contributed by atoms with Gasteiger partial charge in [0.1, 0.15) is 11.6 Å². The number of nitrogens with two attached hydrogens (primary N) is 1. The minimum atomic E-state index is -0.273. The molecule has 2 N–H and O–H groups in total. The molecule has 0 amide bonds. The van der Waals surface area contributed by atoms with Gasteiger partial charge in [-0.15, -0.1) is 0 Å². The van der Waals surface area contributed by atoms with E-state index in [0.717, 1.165) is 18.4 Å². The van der Waals surface area contributed by atoms with Crippen LogP contribution in [0.15, 0.2) is 48.5 Å². The van der Waals surface area contributed by atoms with Crippen molar-refractivity contribution in [2.45, 2.75) is 32.2 Å². The van der Waals surface area contributed by atoms with Gasteiger partial charge in [-0.2, -0.15) is 0 Å². The monoisotopic (exact) mass is 287 g/mol. The van der Waals surface area contributed by atoms with Gasteiger partial charge < -0.3 is 10.5 Å². The highest BCUT2D eigenvalue weighted by Gasteiger charge is 2.06. The lowest BCUT2D eigenvalue weighted by molar-refractivity contribution is 0.320. The highest BCUT2D eigenvalue weighted by atomic mass is 19.1. The summed E-state index contributed by atoms with van der Waals surface area (Å²) in [5.74, 6) is 0.301. The first-order chi connectivity index (χ1) is 10.2. The summed E-state index contributed by atoms with van der Waals surface area (Å²) in [7, 11) is 0. The van der Waals surface area contributed by atoms with Crippen LogP contribution in [0, 0.1) is 5.82 Å². The molecule has 0 heterocycles. The molecule has 21 heavy (non-hydrogen) atoms. The molecule has 0 saturated carbocycles. The van der Waals surface area contributed by atoms with E-state index in [-0.39, 0.29) is 11.9 Å². The summed E-state index contributed by atoms with van der Waals surface area (Å²) in [5.41, 5.74) is 8.02. The lowest BCUT2D eigenvalue weighted by Gasteiger charge is -2.11. The van der Waals surface area contributed by atoms with Gasteiger partial charge in [0.25, 0.3) is 0 Å². The molecule has 0 aromatic heterocycles. The highest BCUT2D eigenvalue weighted by molar-refractivity contribution is 5.30. The third-order valence-corrected chi connectivity index (χ3v) is 3.46. The van der Waals surface area contributed by atoms with E-state index in [0.29, 0.717) is 18.8 Å². The van der Waals surface area contributed by atoms with Gasteiger partial charge in [-0.3, -0.25) is 0 Å². The molecule has 112 valence electrons. The van der Waals surface area contributed by atoms with Crippen LogP contribution in [-0.2, 0) is 12.8 Å². The zero-order valence-corrected chi connectivity index (χ0v) is 12.4. The van der Waals surface area contributed by atoms with Crippen molar-refractivity contribution in [2.24, 2.45) is 5.73 Å². The van der Waals surface area contributed by atoms with Gasteiger partial charge in [0.2, 0.25) is 0 Å². The van der Waals surface area contributed by atoms with Gasteiger partial charge >= 0.3 is 0 Å². The predicted octanol–water partition coefficient (Wildman–Crippen LogP) is 3.73. The molecule has 0 aliphatic carbocycles. The van der Waals surface area contributed by atoms with Crippen LogP contribution in [0.2, 0.25) is 0 Å². The van der Waals surface area contributed by atoms with Gasteiger partial charge in [-0.05, 0) is 36.1 Å². The molecule has 2 nitrogen and oxygen atoms in total. The average Bonchev–Trinajstić information content (AvgIpc) is 2.47. The van der Waals surface area contributed by atoms with Gasteiger partial charge in [-0.25, -0.2) is 4.39 Å². The summed E-state index contributed by atoms with van der Waals surface area (Å²) in [6, 6.07) is 15.0. The van der Waals surface area contributed by atoms with Crippen molar-refractivity contribution in [3.63, 3.8) is 0 Å². The van der Waals surface area contributed by atoms with Crippen LogP contribution in [0.4, 0.5) is 4.39 Å². The largest absolute Gasteiger partial charge is 0.493 e. The van der Waals surface area contributed by atoms with Crippen molar-refractivity contribution in [1.29, 1.82) is 0 Å². The van der Waals surface area contributed by atoms with Crippen LogP contribution >= 0.6 is 0 Å². The fraction of sp³-hybridized carbons (Fsp3) is 0.333. The Hall–Kier alpha value is -1.87. The van der Waals surface area contributed by atoms with E-state index in [2.05, 4.69) is 12.1 Å². The second kappa shape index (κ2) is 7.79. The molecule has 1 atom stereocenters. The van der Waals surface area contributed by atoms with E-state index in [1.54, 1.807) is 0 Å². The molecule has 0 bridgehead atoms. The van der Waals surface area contributed by atoms with E-state index in [9.17, 15) is 4.39 Å². The molecule has 2 aromatic rings. The first-order valence-electron chi connectivity index (χ1n) is 7.39. The lowest BCUT2D eigenvalue weighted by Crippen LogP contribution is -2.21. The third-order valence-electron chi connectivity index (χ3n) is 3.46. The van der Waals surface area contributed by atoms with Crippen molar-refractivity contribution in [3.8, 4) is 5.75 Å². The van der Waals surface area contributed by atoms with Crippen molar-refractivity contribution in [2.75, 3.05) is 6.61 Å². The number of hydrogen-bond acceptors (Lipinski definition) is 2. The number of ether oxygens (including phenoxy) is 1. The van der Waals surface area contributed by atoms with Crippen molar-refractivity contribution < 1.29 is 9.13 Å². The Kier molecular flexibility index (Phi) is 5.76. The highest BCUT2D eigenvalue weighted by Crippen LogP contribution is 2.18. The summed E-state index contributed by atoms with van der Waals surface area (Å²) < 4.78 is 19.3. The number of benzene rings is 2. The first kappa shape index (κ1) is 15.5. The molecular formula is C18H22FNO. The average molecular weight is 287 g/mol. The topological polar surface area (TPSA) is 35.2 Å². The summed E-state index contributed by atoms with van der Waals surface area (Å²) in [6.07, 6.45) is 2.35. The fourth-order valence-electron chi connectivity index (χ4n) is 2.20. The fourth-order valence-corrected chi connectivity index (χ4v) is 2.20. The van der Waals surface area contributed by atoms with Crippen molar-refractivity contribution >= 4 is 0 Å². The smallest absolute Gasteiger partial charge is 0.127 e. The van der Waals surface area contributed by atoms with E-state index in [1.807, 2.05) is 31.2 Å². The van der Waals surface area contributed by atoms with Crippen LogP contribution in [0.25, 0.3) is 0 Å². The van der Waals surface area contributed by atoms with Crippen LogP contribution < -0.4 is 10.5 Å². The van der Waals surface area contributed by atoms with Gasteiger partial charge in [0.05, 0.1) is 6.61 Å². The zero-order chi connectivity index (χ0) is 15.1. The maximum absolute atomic E-state index is 13.6. The van der Waals surface area contributed by atoms with Crippen LogP contribution in [-0.4, -0.2) is 12.6 Å². The summed E-state index contributed by atoms with van der Waals surface area (Å²) >= 11 is 0. The van der Waals surface area contributed by atoms with E-state index in [4.69, 9.17) is 10.5 Å². The van der Waals surface area contributed by atoms with Crippen molar-refractivity contribution in [1.82, 2.24) is 0 Å². The number of hydrogen-bond donors (Lipinski definition) is 1. The molecule has 0 radical (unpaired) electrons. The molecule has 0 aliphatic heterocycles. The van der Waals surface area contributed by atoms with Crippen molar-refractivity contribution in [3.05, 3.63) is 65.5 Å². The minimum Gasteiger partial charge on any atom is -0.493 e. The lowest BCUT2D eigenvalue weighted by atomic mass is 10.0. The summed E-state index contributed by atoms with van der Waals surface area (Å²) in [4.78, 5) is 0. The Balaban J connectivity index is 1.93. The second-order valence-corrected chi connectivity index (χ2v) is 5.25. The molecule has 0 fully saturated rings. The summed E-state index contributed by atoms with van der Waals surface area (Å²) in [6.45, 7) is 2.56. The Morgan fingerprint density at radius 1 is 1.10 bits per heavy atom. The Morgan fingerprint density at radius 3 is 2.57 bits per heavy atom. The SMILES string of the molecule is CCC(N)Cc1cc(F)cc(OCCc2ccccc2)c1. The maximum atomic E-state index is 13.6. The zero-order valence-electron chi connectivity index (χ0n) is 12.4. The maximum Gasteiger partial charge on any atom is 0.127 e. The van der Waals surface area contributed by atoms with Crippen LogP contribution in [0.5, 0.6) is 5.75 Å². The number of rotatable bonds is 7. The third kappa shape index (κ3) is 5.20. The molecule has 0 saturated heterocycles. The van der Waals surface area contributed by atoms with E-state index >= 15 is 0 Å². The number of halogens is 1. The quantitative estimate of drug-likeness (QED) is 0.842. The van der Waals surface area contributed by atoms with E-state index in [1.165, 1.54) is 17.7 Å². The molecular weight excluding hydrogens is 265 g/mol. The normalized spacial score (nSPS) is 12.1. The molecule has 2 aromatic carbocycles. The standard InChI is InChI=1S/C18H22FNO/c1-2-17(20)11-15-10-16(19)13-18(12-15)21-9-8-14-6-4-3-5-7-14/h3-7,10,12-13,17H,2,8-9,11,20H2,1H3. The molecule has 1 unspecified atom stereocenters. The molecule has 3 heteroatoms. The minimum absolute atomic E-state index is 0.0592. The Bertz CT molecular complexity index is 556. The summed E-state index contributed by atoms with van der Waals surface area (Å²) in [5, 5.41) is 0. The van der Waals surface area contributed by atoms with Gasteiger partial charge in [-0.1, -0.05) is 37.3 Å². The van der Waals surface area contributed by atoms with Crippen LogP contribution in [0.1, 0.15) is 24.5 Å². The Labute approximate surface area is 125 Å². The van der Waals surface area contributed by atoms with Gasteiger partial charge in [0, 0.05) is 18.5 Å². The van der Waals surface area contributed by atoms with E-state index < -0.39 is 0 Å². The molecule has 0 spiro atoms. The predicted molar refractivity (Wildman–Crippen MR) is 84.0 cm³/mol. The first-order valence-corrected chi connectivity index (χ1v) is 7.39. The van der Waals surface area contributed by atoms with Crippen LogP contribution in [0.3, 0.4) is 0 Å². The second-order valence-electron chi connectivity index (χ2n) is 5.25. The molecule has 0 aliphatic rings.